The second kappa shape index (κ2) is 11.3. The van der Waals surface area contributed by atoms with Crippen LogP contribution in [-0.4, -0.2) is 66.0 Å². The van der Waals surface area contributed by atoms with E-state index in [0.29, 0.717) is 23.8 Å². The van der Waals surface area contributed by atoms with Gasteiger partial charge in [-0.15, -0.1) is 0 Å². The summed E-state index contributed by atoms with van der Waals surface area (Å²) in [5.41, 5.74) is 12.3. The zero-order valence-corrected chi connectivity index (χ0v) is 21.2. The molecule has 1 saturated heterocycles. The lowest BCUT2D eigenvalue weighted by Gasteiger charge is -2.34. The van der Waals surface area contributed by atoms with Crippen LogP contribution in [0.15, 0.2) is 24.3 Å². The van der Waals surface area contributed by atoms with E-state index in [1.54, 1.807) is 0 Å². The highest BCUT2D eigenvalue weighted by atomic mass is 16.5. The maximum atomic E-state index is 13.2. The van der Waals surface area contributed by atoms with Gasteiger partial charge >= 0.3 is 12.0 Å². The molecule has 1 aromatic heterocycles. The fourth-order valence-electron chi connectivity index (χ4n) is 4.22. The van der Waals surface area contributed by atoms with Crippen LogP contribution >= 0.6 is 0 Å². The van der Waals surface area contributed by atoms with Gasteiger partial charge in [-0.2, -0.15) is 0 Å². The molecule has 1 aromatic carbocycles. The van der Waals surface area contributed by atoms with E-state index in [1.165, 1.54) is 16.9 Å². The number of esters is 1. The largest absolute Gasteiger partial charge is 0.468 e. The Morgan fingerprint density at radius 2 is 1.86 bits per heavy atom. The number of benzene rings is 1. The molecule has 1 aliphatic heterocycles. The molecule has 0 spiro atoms. The molecule has 0 atom stereocenters. The van der Waals surface area contributed by atoms with Crippen molar-refractivity contribution in [3.05, 3.63) is 46.8 Å². The molecule has 0 aliphatic carbocycles. The SMILES string of the molecule is COC(=O)CN1CCN(C(=O)Nc2c(C)nc(CC(C)C)c(CN)c2-c2ccc(C)cc2)CC1=O. The molecule has 9 nitrogen and oxygen atoms in total. The van der Waals surface area contributed by atoms with Gasteiger partial charge in [0.15, 0.2) is 0 Å². The summed E-state index contributed by atoms with van der Waals surface area (Å²) in [4.78, 5) is 45.0. The van der Waals surface area contributed by atoms with Gasteiger partial charge in [-0.1, -0.05) is 43.7 Å². The number of rotatable bonds is 7. The number of carbonyl (C=O) groups excluding carboxylic acids is 3. The first-order chi connectivity index (χ1) is 16.6. The molecule has 3 amide bonds. The Hall–Kier alpha value is -3.46. The number of pyridine rings is 1. The zero-order valence-electron chi connectivity index (χ0n) is 21.2. The van der Waals surface area contributed by atoms with Gasteiger partial charge in [0.25, 0.3) is 0 Å². The van der Waals surface area contributed by atoms with Gasteiger partial charge in [-0.3, -0.25) is 14.6 Å². The van der Waals surface area contributed by atoms with Crippen LogP contribution in [0.3, 0.4) is 0 Å². The Labute approximate surface area is 206 Å². The number of carbonyl (C=O) groups is 3. The van der Waals surface area contributed by atoms with E-state index < -0.39 is 12.0 Å². The summed E-state index contributed by atoms with van der Waals surface area (Å²) in [5.74, 6) is -0.400. The first kappa shape index (κ1) is 26.2. The van der Waals surface area contributed by atoms with E-state index in [9.17, 15) is 14.4 Å². The van der Waals surface area contributed by atoms with Crippen molar-refractivity contribution in [3.8, 4) is 11.1 Å². The number of urea groups is 1. The summed E-state index contributed by atoms with van der Waals surface area (Å²) in [5, 5.41) is 3.01. The van der Waals surface area contributed by atoms with Crippen LogP contribution in [-0.2, 0) is 27.3 Å². The zero-order chi connectivity index (χ0) is 25.7. The molecule has 0 unspecified atom stereocenters. The molecule has 2 aromatic rings. The fourth-order valence-corrected chi connectivity index (χ4v) is 4.22. The second-order valence-electron chi connectivity index (χ2n) is 9.28. The number of aryl methyl sites for hydroxylation is 2. The smallest absolute Gasteiger partial charge is 0.325 e. The van der Waals surface area contributed by atoms with Crippen molar-refractivity contribution < 1.29 is 19.1 Å². The molecular formula is C26H35N5O4. The normalized spacial score (nSPS) is 13.9. The molecular weight excluding hydrogens is 446 g/mol. The molecule has 0 bridgehead atoms. The Balaban J connectivity index is 1.94. The minimum atomic E-state index is -0.489. The third-order valence-electron chi connectivity index (χ3n) is 6.10. The summed E-state index contributed by atoms with van der Waals surface area (Å²) < 4.78 is 4.64. The van der Waals surface area contributed by atoms with Gasteiger partial charge in [-0.25, -0.2) is 4.79 Å². The number of amides is 3. The van der Waals surface area contributed by atoms with E-state index in [2.05, 4.69) is 23.9 Å². The van der Waals surface area contributed by atoms with Gasteiger partial charge in [0.2, 0.25) is 5.91 Å². The molecule has 35 heavy (non-hydrogen) atoms. The average Bonchev–Trinajstić information content (AvgIpc) is 2.81. The first-order valence-electron chi connectivity index (χ1n) is 11.8. The lowest BCUT2D eigenvalue weighted by molar-refractivity contribution is -0.148. The highest BCUT2D eigenvalue weighted by molar-refractivity contribution is 5.98. The predicted octanol–water partition coefficient (Wildman–Crippen LogP) is 2.87. The summed E-state index contributed by atoms with van der Waals surface area (Å²) in [7, 11) is 1.28. The molecule has 2 heterocycles. The van der Waals surface area contributed by atoms with Crippen LogP contribution in [0.4, 0.5) is 10.5 Å². The third-order valence-corrected chi connectivity index (χ3v) is 6.10. The van der Waals surface area contributed by atoms with E-state index in [4.69, 9.17) is 10.7 Å². The lowest BCUT2D eigenvalue weighted by atomic mass is 9.92. The summed E-state index contributed by atoms with van der Waals surface area (Å²) in [6.07, 6.45) is 0.775. The summed E-state index contributed by atoms with van der Waals surface area (Å²) in [6.45, 7) is 8.76. The third kappa shape index (κ3) is 6.16. The van der Waals surface area contributed by atoms with Gasteiger partial charge in [-0.05, 0) is 37.3 Å². The predicted molar refractivity (Wildman–Crippen MR) is 135 cm³/mol. The minimum absolute atomic E-state index is 0.121. The van der Waals surface area contributed by atoms with Crippen LogP contribution in [0, 0.1) is 19.8 Å². The van der Waals surface area contributed by atoms with Gasteiger partial charge in [0, 0.05) is 30.9 Å². The summed E-state index contributed by atoms with van der Waals surface area (Å²) >= 11 is 0. The number of nitrogens with one attached hydrogen (secondary N) is 1. The van der Waals surface area contributed by atoms with Crippen LogP contribution in [0.5, 0.6) is 0 Å². The lowest BCUT2D eigenvalue weighted by Crippen LogP contribution is -2.54. The Morgan fingerprint density at radius 3 is 2.43 bits per heavy atom. The van der Waals surface area contributed by atoms with Crippen molar-refractivity contribution in [1.82, 2.24) is 14.8 Å². The Bertz CT molecular complexity index is 1100. The maximum Gasteiger partial charge on any atom is 0.325 e. The van der Waals surface area contributed by atoms with Crippen LogP contribution in [0.1, 0.15) is 36.4 Å². The summed E-state index contributed by atoms with van der Waals surface area (Å²) in [6, 6.07) is 7.70. The van der Waals surface area contributed by atoms with Crippen molar-refractivity contribution in [2.24, 2.45) is 11.7 Å². The molecule has 9 heteroatoms. The number of nitrogens with zero attached hydrogens (tertiary/aromatic N) is 3. The quantitative estimate of drug-likeness (QED) is 0.587. The van der Waals surface area contributed by atoms with E-state index in [-0.39, 0.29) is 32.1 Å². The van der Waals surface area contributed by atoms with Gasteiger partial charge in [0.1, 0.15) is 13.1 Å². The van der Waals surface area contributed by atoms with E-state index >= 15 is 0 Å². The number of methoxy groups -OCH3 is 1. The number of nitrogens with two attached hydrogens (primary N) is 1. The molecule has 1 aliphatic rings. The number of hydrogen-bond acceptors (Lipinski definition) is 6. The standard InChI is InChI=1S/C26H35N5O4/c1-16(2)12-21-20(13-27)24(19-8-6-17(3)7-9-19)25(18(4)28-21)29-26(34)31-11-10-30(22(32)14-31)15-23(33)35-5/h6-9,16H,10-15,27H2,1-5H3,(H,29,34). The number of hydrogen-bond donors (Lipinski definition) is 2. The highest BCUT2D eigenvalue weighted by Crippen LogP contribution is 2.36. The molecule has 0 radical (unpaired) electrons. The van der Waals surface area contributed by atoms with E-state index in [1.807, 2.05) is 38.1 Å². The van der Waals surface area contributed by atoms with Crippen LogP contribution < -0.4 is 11.1 Å². The number of piperazine rings is 1. The maximum absolute atomic E-state index is 13.2. The minimum Gasteiger partial charge on any atom is -0.468 e. The van der Waals surface area contributed by atoms with Crippen LogP contribution in [0.25, 0.3) is 11.1 Å². The first-order valence-corrected chi connectivity index (χ1v) is 11.8. The molecule has 0 saturated carbocycles. The van der Waals surface area contributed by atoms with Crippen molar-refractivity contribution in [1.29, 1.82) is 0 Å². The number of ether oxygens (including phenoxy) is 1. The second-order valence-corrected chi connectivity index (χ2v) is 9.28. The van der Waals surface area contributed by atoms with Crippen molar-refractivity contribution >= 4 is 23.6 Å². The van der Waals surface area contributed by atoms with Gasteiger partial charge in [0.05, 0.1) is 18.5 Å². The average molecular weight is 482 g/mol. The molecule has 188 valence electrons. The Kier molecular flexibility index (Phi) is 8.45. The van der Waals surface area contributed by atoms with Crippen molar-refractivity contribution in [3.63, 3.8) is 0 Å². The Morgan fingerprint density at radius 1 is 1.17 bits per heavy atom. The number of anilines is 1. The topological polar surface area (TPSA) is 118 Å². The number of aromatic nitrogens is 1. The van der Waals surface area contributed by atoms with E-state index in [0.717, 1.165) is 34.4 Å². The van der Waals surface area contributed by atoms with Crippen molar-refractivity contribution in [2.45, 2.75) is 40.7 Å². The monoisotopic (exact) mass is 481 g/mol. The molecule has 1 fully saturated rings. The fraction of sp³-hybridized carbons (Fsp3) is 0.462. The van der Waals surface area contributed by atoms with Gasteiger partial charge < -0.3 is 25.6 Å². The molecule has 3 N–H and O–H groups in total. The van der Waals surface area contributed by atoms with Crippen LogP contribution in [0.2, 0.25) is 0 Å². The highest BCUT2D eigenvalue weighted by Gasteiger charge is 2.30. The van der Waals surface area contributed by atoms with Crippen molar-refractivity contribution in [2.75, 3.05) is 38.6 Å². The molecule has 3 rings (SSSR count).